The van der Waals surface area contributed by atoms with E-state index in [4.69, 9.17) is 4.74 Å². The average molecular weight is 428 g/mol. The lowest BCUT2D eigenvalue weighted by molar-refractivity contribution is 0.0729. The monoisotopic (exact) mass is 427 g/mol. The molecule has 0 aliphatic rings. The van der Waals surface area contributed by atoms with Gasteiger partial charge in [-0.25, -0.2) is 0 Å². The number of carbonyl (C=O) groups is 1. The molecule has 0 saturated carbocycles. The lowest BCUT2D eigenvalue weighted by Gasteiger charge is -2.23. The van der Waals surface area contributed by atoms with Crippen LogP contribution in [-0.4, -0.2) is 27.9 Å². The minimum Gasteiger partial charge on any atom is -0.497 e. The number of aromatic amines is 1. The summed E-state index contributed by atoms with van der Waals surface area (Å²) in [6.45, 7) is 4.50. The van der Waals surface area contributed by atoms with Crippen molar-refractivity contribution in [2.24, 2.45) is 0 Å². The van der Waals surface area contributed by atoms with Crippen LogP contribution >= 0.6 is 0 Å². The Hall–Kier alpha value is -3.93. The van der Waals surface area contributed by atoms with Crippen LogP contribution in [0, 0.1) is 13.8 Å². The smallest absolute Gasteiger partial charge is 0.254 e. The fraction of sp³-hybridized carbons (Fsp3) is 0.192. The molecule has 2 aromatic heterocycles. The van der Waals surface area contributed by atoms with Crippen molar-refractivity contribution in [3.05, 3.63) is 105 Å². The summed E-state index contributed by atoms with van der Waals surface area (Å²) in [6, 6.07) is 16.7. The number of methoxy groups -OCH3 is 1. The van der Waals surface area contributed by atoms with Crippen LogP contribution < -0.4 is 10.3 Å². The van der Waals surface area contributed by atoms with Gasteiger partial charge < -0.3 is 14.6 Å². The van der Waals surface area contributed by atoms with Crippen molar-refractivity contribution in [1.82, 2.24) is 14.9 Å². The number of benzene rings is 2. The molecule has 0 spiro atoms. The van der Waals surface area contributed by atoms with E-state index in [0.29, 0.717) is 23.4 Å². The highest BCUT2D eigenvalue weighted by Crippen LogP contribution is 2.21. The second kappa shape index (κ2) is 9.06. The predicted molar refractivity (Wildman–Crippen MR) is 125 cm³/mol. The van der Waals surface area contributed by atoms with Gasteiger partial charge in [-0.05, 0) is 66.8 Å². The fourth-order valence-electron chi connectivity index (χ4n) is 3.91. The normalized spacial score (nSPS) is 10.8. The molecule has 2 aromatic carbocycles. The molecule has 6 nitrogen and oxygen atoms in total. The van der Waals surface area contributed by atoms with Crippen LogP contribution in [0.1, 0.15) is 32.6 Å². The average Bonchev–Trinajstić information content (AvgIpc) is 2.80. The third kappa shape index (κ3) is 4.54. The van der Waals surface area contributed by atoms with E-state index in [1.165, 1.54) is 0 Å². The number of nitrogens with zero attached hydrogens (tertiary/aromatic N) is 2. The Balaban J connectivity index is 1.74. The van der Waals surface area contributed by atoms with Gasteiger partial charge in [0.25, 0.3) is 11.5 Å². The maximum atomic E-state index is 13.4. The Bertz CT molecular complexity index is 1330. The second-order valence-electron chi connectivity index (χ2n) is 7.92. The summed E-state index contributed by atoms with van der Waals surface area (Å²) in [5.41, 5.74) is 4.67. The number of aromatic nitrogens is 2. The molecule has 32 heavy (non-hydrogen) atoms. The largest absolute Gasteiger partial charge is 0.497 e. The summed E-state index contributed by atoms with van der Waals surface area (Å²) in [5, 5.41) is 0.951. The van der Waals surface area contributed by atoms with E-state index in [0.717, 1.165) is 27.6 Å². The molecular formula is C26H25N3O3. The first-order valence-electron chi connectivity index (χ1n) is 10.4. The van der Waals surface area contributed by atoms with Crippen LogP contribution in [0.15, 0.2) is 71.8 Å². The maximum Gasteiger partial charge on any atom is 0.254 e. The second-order valence-corrected chi connectivity index (χ2v) is 7.92. The van der Waals surface area contributed by atoms with Crippen LogP contribution in [0.25, 0.3) is 10.9 Å². The van der Waals surface area contributed by atoms with Gasteiger partial charge in [-0.1, -0.05) is 23.8 Å². The molecule has 0 atom stereocenters. The number of rotatable bonds is 6. The van der Waals surface area contributed by atoms with E-state index in [1.54, 1.807) is 48.7 Å². The molecule has 0 radical (unpaired) electrons. The lowest BCUT2D eigenvalue weighted by atomic mass is 10.0. The van der Waals surface area contributed by atoms with Gasteiger partial charge in [0.2, 0.25) is 0 Å². The molecular weight excluding hydrogens is 402 g/mol. The Morgan fingerprint density at radius 3 is 2.66 bits per heavy atom. The highest BCUT2D eigenvalue weighted by molar-refractivity contribution is 5.94. The van der Waals surface area contributed by atoms with Crippen molar-refractivity contribution >= 4 is 16.8 Å². The summed E-state index contributed by atoms with van der Waals surface area (Å²) in [4.78, 5) is 35.1. The number of fused-ring (bicyclic) bond motifs is 1. The molecule has 1 amide bonds. The van der Waals surface area contributed by atoms with Gasteiger partial charge in [0, 0.05) is 30.1 Å². The molecule has 4 rings (SSSR count). The zero-order valence-electron chi connectivity index (χ0n) is 18.4. The number of nitrogens with one attached hydrogen (secondary N) is 1. The lowest BCUT2D eigenvalue weighted by Crippen LogP contribution is -2.32. The zero-order valence-corrected chi connectivity index (χ0v) is 18.4. The number of hydrogen-bond donors (Lipinski definition) is 1. The Morgan fingerprint density at radius 1 is 1.06 bits per heavy atom. The number of hydrogen-bond acceptors (Lipinski definition) is 4. The van der Waals surface area contributed by atoms with Crippen LogP contribution in [0.2, 0.25) is 0 Å². The number of pyridine rings is 2. The number of aryl methyl sites for hydroxylation is 2. The molecule has 0 aliphatic carbocycles. The number of amides is 1. The standard InChI is InChI=1S/C26H25N3O3/c1-17-10-18(2)24-21(11-17)12-22(25(30)28-24)16-29(15-19-6-5-9-27-14-19)26(31)20-7-4-8-23(13-20)32-3/h4-14H,15-16H2,1-3H3,(H,28,30). The predicted octanol–water partition coefficient (Wildman–Crippen LogP) is 4.39. The number of ether oxygens (including phenoxy) is 1. The van der Waals surface area contributed by atoms with Crippen LogP contribution in [0.3, 0.4) is 0 Å². The SMILES string of the molecule is COc1cccc(C(=O)N(Cc2cccnc2)Cc2cc3cc(C)cc(C)c3[nH]c2=O)c1. The first-order valence-corrected chi connectivity index (χ1v) is 10.4. The van der Waals surface area contributed by atoms with E-state index in [9.17, 15) is 9.59 Å². The topological polar surface area (TPSA) is 75.3 Å². The van der Waals surface area contributed by atoms with Crippen LogP contribution in [0.5, 0.6) is 5.75 Å². The van der Waals surface area contributed by atoms with Gasteiger partial charge in [0.15, 0.2) is 0 Å². The molecule has 0 aliphatic heterocycles. The van der Waals surface area contributed by atoms with Crippen molar-refractivity contribution in [1.29, 1.82) is 0 Å². The van der Waals surface area contributed by atoms with Gasteiger partial charge in [-0.2, -0.15) is 0 Å². The number of H-pyrrole nitrogens is 1. The zero-order chi connectivity index (χ0) is 22.7. The van der Waals surface area contributed by atoms with Gasteiger partial charge in [0.05, 0.1) is 19.2 Å². The van der Waals surface area contributed by atoms with Crippen molar-refractivity contribution in [3.8, 4) is 5.75 Å². The summed E-state index contributed by atoms with van der Waals surface area (Å²) < 4.78 is 5.28. The highest BCUT2D eigenvalue weighted by atomic mass is 16.5. The summed E-state index contributed by atoms with van der Waals surface area (Å²) in [7, 11) is 1.57. The molecule has 0 saturated heterocycles. The van der Waals surface area contributed by atoms with Crippen molar-refractivity contribution in [2.75, 3.05) is 7.11 Å². The minimum absolute atomic E-state index is 0.170. The van der Waals surface area contributed by atoms with E-state index >= 15 is 0 Å². The molecule has 162 valence electrons. The van der Waals surface area contributed by atoms with Crippen LogP contribution in [-0.2, 0) is 13.1 Å². The van der Waals surface area contributed by atoms with E-state index in [2.05, 4.69) is 9.97 Å². The molecule has 0 unspecified atom stereocenters. The van der Waals surface area contributed by atoms with Crippen molar-refractivity contribution in [2.45, 2.75) is 26.9 Å². The summed E-state index contributed by atoms with van der Waals surface area (Å²) in [6.07, 6.45) is 3.42. The van der Waals surface area contributed by atoms with Gasteiger partial charge in [-0.3, -0.25) is 14.6 Å². The molecule has 0 fully saturated rings. The molecule has 6 heteroatoms. The third-order valence-electron chi connectivity index (χ3n) is 5.43. The first kappa shape index (κ1) is 21.3. The number of carbonyl (C=O) groups excluding carboxylic acids is 1. The van der Waals surface area contributed by atoms with Crippen molar-refractivity contribution < 1.29 is 9.53 Å². The van der Waals surface area contributed by atoms with Crippen molar-refractivity contribution in [3.63, 3.8) is 0 Å². The third-order valence-corrected chi connectivity index (χ3v) is 5.43. The quantitative estimate of drug-likeness (QED) is 0.495. The Kier molecular flexibility index (Phi) is 6.03. The Morgan fingerprint density at radius 2 is 1.91 bits per heavy atom. The minimum atomic E-state index is -0.195. The maximum absolute atomic E-state index is 13.4. The fourth-order valence-corrected chi connectivity index (χ4v) is 3.91. The first-order chi connectivity index (χ1) is 15.4. The summed E-state index contributed by atoms with van der Waals surface area (Å²) >= 11 is 0. The van der Waals surface area contributed by atoms with E-state index < -0.39 is 0 Å². The van der Waals surface area contributed by atoms with Gasteiger partial charge in [-0.15, -0.1) is 0 Å². The highest BCUT2D eigenvalue weighted by Gasteiger charge is 2.19. The van der Waals surface area contributed by atoms with E-state index in [-0.39, 0.29) is 18.0 Å². The Labute approximate surface area is 186 Å². The van der Waals surface area contributed by atoms with Gasteiger partial charge >= 0.3 is 0 Å². The molecule has 4 aromatic rings. The summed E-state index contributed by atoms with van der Waals surface area (Å²) in [5.74, 6) is 0.416. The molecule has 2 heterocycles. The van der Waals surface area contributed by atoms with Gasteiger partial charge in [0.1, 0.15) is 5.75 Å². The van der Waals surface area contributed by atoms with E-state index in [1.807, 2.05) is 44.2 Å². The molecule has 1 N–H and O–H groups in total. The molecule has 0 bridgehead atoms. The van der Waals surface area contributed by atoms with Crippen LogP contribution in [0.4, 0.5) is 0 Å².